The van der Waals surface area contributed by atoms with Crippen LogP contribution >= 0.6 is 0 Å². The van der Waals surface area contributed by atoms with Crippen molar-refractivity contribution in [2.75, 3.05) is 0 Å². The number of carboxylic acid groups (broad SMARTS) is 1. The second-order valence-corrected chi connectivity index (χ2v) is 5.53. The minimum absolute atomic E-state index is 0.0706. The summed E-state index contributed by atoms with van der Waals surface area (Å²) in [6.07, 6.45) is 6.32. The molecule has 104 valence electrons. The number of hydrazone groups is 1. The summed E-state index contributed by atoms with van der Waals surface area (Å²) in [5.41, 5.74) is 1.11. The lowest BCUT2D eigenvalue weighted by molar-refractivity contribution is -0.133. The molecule has 1 fully saturated rings. The number of fused-ring (bicyclic) bond motifs is 1. The molecule has 1 heterocycles. The number of aliphatic carboxylic acids is 1. The highest BCUT2D eigenvalue weighted by Gasteiger charge is 2.41. The van der Waals surface area contributed by atoms with Gasteiger partial charge in [-0.1, -0.05) is 20.3 Å². The van der Waals surface area contributed by atoms with E-state index in [0.717, 1.165) is 37.1 Å². The number of carbonyl (C=O) groups excluding carboxylic acids is 1. The summed E-state index contributed by atoms with van der Waals surface area (Å²) in [5, 5.41) is 14.5. The van der Waals surface area contributed by atoms with E-state index in [9.17, 15) is 9.59 Å². The monoisotopic (exact) mass is 264 g/mol. The third kappa shape index (κ3) is 2.85. The SMILES string of the molecule is CC(C)[C@H]1[C@H]2CCCCC2=NN1C(=O)/C=C/C(=O)O. The maximum atomic E-state index is 12.1. The smallest absolute Gasteiger partial charge is 0.328 e. The van der Waals surface area contributed by atoms with Crippen LogP contribution in [0.3, 0.4) is 0 Å². The topological polar surface area (TPSA) is 70.0 Å². The molecular weight excluding hydrogens is 244 g/mol. The highest BCUT2D eigenvalue weighted by molar-refractivity contribution is 5.97. The van der Waals surface area contributed by atoms with Gasteiger partial charge in [-0.3, -0.25) is 4.79 Å². The molecule has 0 aromatic heterocycles. The zero-order valence-corrected chi connectivity index (χ0v) is 11.4. The van der Waals surface area contributed by atoms with Crippen molar-refractivity contribution in [1.29, 1.82) is 0 Å². The molecular formula is C14H20N2O3. The molecule has 0 aromatic rings. The van der Waals surface area contributed by atoms with Crippen molar-refractivity contribution in [1.82, 2.24) is 5.01 Å². The third-order valence-corrected chi connectivity index (χ3v) is 3.83. The van der Waals surface area contributed by atoms with Gasteiger partial charge >= 0.3 is 5.97 Å². The van der Waals surface area contributed by atoms with Gasteiger partial charge in [0.05, 0.1) is 6.04 Å². The molecule has 0 radical (unpaired) electrons. The standard InChI is InChI=1S/C14H20N2O3/c1-9(2)14-10-5-3-4-6-11(10)15-16(14)12(17)7-8-13(18)19/h7-10,14H,3-6H2,1-2H3,(H,18,19)/b8-7+/t10-,14-/m0/s1. The summed E-state index contributed by atoms with van der Waals surface area (Å²) >= 11 is 0. The molecule has 1 saturated carbocycles. The first-order valence-corrected chi connectivity index (χ1v) is 6.82. The predicted molar refractivity (Wildman–Crippen MR) is 71.6 cm³/mol. The number of carbonyl (C=O) groups is 2. The lowest BCUT2D eigenvalue weighted by Crippen LogP contribution is -2.41. The van der Waals surface area contributed by atoms with Crippen LogP contribution in [0.15, 0.2) is 17.3 Å². The van der Waals surface area contributed by atoms with Gasteiger partial charge in [0.25, 0.3) is 5.91 Å². The highest BCUT2D eigenvalue weighted by Crippen LogP contribution is 2.36. The second kappa shape index (κ2) is 5.55. The Morgan fingerprint density at radius 3 is 2.74 bits per heavy atom. The molecule has 1 N–H and O–H groups in total. The van der Waals surface area contributed by atoms with E-state index in [1.165, 1.54) is 11.4 Å². The fraction of sp³-hybridized carbons (Fsp3) is 0.643. The van der Waals surface area contributed by atoms with E-state index in [1.54, 1.807) is 0 Å². The van der Waals surface area contributed by atoms with Gasteiger partial charge in [-0.2, -0.15) is 5.10 Å². The lowest BCUT2D eigenvalue weighted by Gasteiger charge is -2.30. The fourth-order valence-corrected chi connectivity index (χ4v) is 3.05. The van der Waals surface area contributed by atoms with E-state index in [4.69, 9.17) is 5.11 Å². The lowest BCUT2D eigenvalue weighted by atomic mass is 9.79. The van der Waals surface area contributed by atoms with Crippen molar-refractivity contribution in [3.05, 3.63) is 12.2 Å². The van der Waals surface area contributed by atoms with Gasteiger partial charge < -0.3 is 5.11 Å². The van der Waals surface area contributed by atoms with Crippen molar-refractivity contribution < 1.29 is 14.7 Å². The molecule has 0 bridgehead atoms. The molecule has 1 amide bonds. The maximum Gasteiger partial charge on any atom is 0.328 e. The third-order valence-electron chi connectivity index (χ3n) is 3.83. The summed E-state index contributed by atoms with van der Waals surface area (Å²) in [5.74, 6) is -0.774. The largest absolute Gasteiger partial charge is 0.478 e. The Morgan fingerprint density at radius 1 is 1.37 bits per heavy atom. The number of hydrogen-bond donors (Lipinski definition) is 1. The molecule has 0 unspecified atom stereocenters. The molecule has 1 aliphatic carbocycles. The van der Waals surface area contributed by atoms with Crippen LogP contribution in [0.5, 0.6) is 0 Å². The molecule has 0 saturated heterocycles. The summed E-state index contributed by atoms with van der Waals surface area (Å²) < 4.78 is 0. The Balaban J connectivity index is 2.20. The minimum atomic E-state index is -1.11. The zero-order chi connectivity index (χ0) is 14.0. The summed E-state index contributed by atoms with van der Waals surface area (Å²) in [6.45, 7) is 4.16. The van der Waals surface area contributed by atoms with Crippen LogP contribution in [-0.4, -0.2) is 33.7 Å². The predicted octanol–water partition coefficient (Wildman–Crippen LogP) is 2.04. The van der Waals surface area contributed by atoms with E-state index >= 15 is 0 Å². The zero-order valence-electron chi connectivity index (χ0n) is 11.4. The Labute approximate surface area is 113 Å². The van der Waals surface area contributed by atoms with Crippen LogP contribution in [0.2, 0.25) is 0 Å². The van der Waals surface area contributed by atoms with Crippen molar-refractivity contribution in [3.63, 3.8) is 0 Å². The first-order chi connectivity index (χ1) is 9.00. The van der Waals surface area contributed by atoms with Gasteiger partial charge in [0.2, 0.25) is 0 Å². The van der Waals surface area contributed by atoms with E-state index in [2.05, 4.69) is 18.9 Å². The Morgan fingerprint density at radius 2 is 2.11 bits per heavy atom. The van der Waals surface area contributed by atoms with Crippen LogP contribution in [0, 0.1) is 11.8 Å². The molecule has 0 spiro atoms. The van der Waals surface area contributed by atoms with E-state index in [0.29, 0.717) is 11.8 Å². The van der Waals surface area contributed by atoms with Crippen LogP contribution in [0.25, 0.3) is 0 Å². The van der Waals surface area contributed by atoms with Gasteiger partial charge in [0, 0.05) is 23.8 Å². The summed E-state index contributed by atoms with van der Waals surface area (Å²) in [7, 11) is 0. The van der Waals surface area contributed by atoms with E-state index in [1.807, 2.05) is 0 Å². The van der Waals surface area contributed by atoms with Crippen LogP contribution in [0.1, 0.15) is 39.5 Å². The van der Waals surface area contributed by atoms with Crippen molar-refractivity contribution in [2.24, 2.45) is 16.9 Å². The fourth-order valence-electron chi connectivity index (χ4n) is 3.05. The number of hydrogen-bond acceptors (Lipinski definition) is 3. The van der Waals surface area contributed by atoms with Gasteiger partial charge in [0.15, 0.2) is 0 Å². The Bertz CT molecular complexity index is 440. The minimum Gasteiger partial charge on any atom is -0.478 e. The van der Waals surface area contributed by atoms with Gasteiger partial charge in [-0.05, 0) is 25.2 Å². The average molecular weight is 264 g/mol. The van der Waals surface area contributed by atoms with Crippen molar-refractivity contribution in [2.45, 2.75) is 45.6 Å². The molecule has 5 nitrogen and oxygen atoms in total. The van der Waals surface area contributed by atoms with E-state index < -0.39 is 5.97 Å². The van der Waals surface area contributed by atoms with Crippen LogP contribution in [-0.2, 0) is 9.59 Å². The molecule has 2 atom stereocenters. The molecule has 2 rings (SSSR count). The van der Waals surface area contributed by atoms with Gasteiger partial charge in [-0.25, -0.2) is 9.80 Å². The molecule has 1 aliphatic heterocycles. The number of nitrogens with zero attached hydrogens (tertiary/aromatic N) is 2. The number of amides is 1. The van der Waals surface area contributed by atoms with Gasteiger partial charge in [-0.15, -0.1) is 0 Å². The molecule has 2 aliphatic rings. The first kappa shape index (κ1) is 13.8. The van der Waals surface area contributed by atoms with Crippen molar-refractivity contribution in [3.8, 4) is 0 Å². The number of rotatable bonds is 3. The Hall–Kier alpha value is -1.65. The van der Waals surface area contributed by atoms with Crippen molar-refractivity contribution >= 4 is 17.6 Å². The summed E-state index contributed by atoms with van der Waals surface area (Å²) in [6, 6.07) is 0.0706. The van der Waals surface area contributed by atoms with Crippen LogP contribution < -0.4 is 0 Å². The first-order valence-electron chi connectivity index (χ1n) is 6.82. The van der Waals surface area contributed by atoms with Gasteiger partial charge in [0.1, 0.15) is 0 Å². The molecule has 19 heavy (non-hydrogen) atoms. The van der Waals surface area contributed by atoms with Crippen LogP contribution in [0.4, 0.5) is 0 Å². The molecule has 0 aromatic carbocycles. The highest BCUT2D eigenvalue weighted by atomic mass is 16.4. The van der Waals surface area contributed by atoms with E-state index in [-0.39, 0.29) is 11.9 Å². The normalized spacial score (nSPS) is 26.7. The maximum absolute atomic E-state index is 12.1. The Kier molecular flexibility index (Phi) is 4.02. The molecule has 5 heteroatoms. The summed E-state index contributed by atoms with van der Waals surface area (Å²) in [4.78, 5) is 22.6. The second-order valence-electron chi connectivity index (χ2n) is 5.53. The average Bonchev–Trinajstić information content (AvgIpc) is 2.75. The quantitative estimate of drug-likeness (QED) is 0.793. The number of carboxylic acids is 1.